The summed E-state index contributed by atoms with van der Waals surface area (Å²) < 4.78 is 5.77. The van der Waals surface area contributed by atoms with Crippen molar-refractivity contribution in [1.82, 2.24) is 10.2 Å². The van der Waals surface area contributed by atoms with Gasteiger partial charge in [0.15, 0.2) is 6.61 Å². The van der Waals surface area contributed by atoms with Gasteiger partial charge in [-0.25, -0.2) is 0 Å². The van der Waals surface area contributed by atoms with Crippen LogP contribution in [0.5, 0.6) is 5.75 Å². The lowest BCUT2D eigenvalue weighted by Gasteiger charge is -2.31. The fraction of sp³-hybridized carbons (Fsp3) is 0.481. The second-order valence-electron chi connectivity index (χ2n) is 8.75. The Bertz CT molecular complexity index is 888. The third kappa shape index (κ3) is 6.59. The predicted molar refractivity (Wildman–Crippen MR) is 128 cm³/mol. The van der Waals surface area contributed by atoms with Crippen LogP contribution in [0.25, 0.3) is 0 Å². The molecule has 2 aromatic carbocycles. The molecule has 1 aliphatic rings. The van der Waals surface area contributed by atoms with Crippen LogP contribution in [0, 0.1) is 6.92 Å². The summed E-state index contributed by atoms with van der Waals surface area (Å²) in [5.41, 5.74) is 3.35. The molecular weight excluding hydrogens is 400 g/mol. The van der Waals surface area contributed by atoms with Gasteiger partial charge in [-0.05, 0) is 61.9 Å². The minimum atomic E-state index is -0.574. The van der Waals surface area contributed by atoms with Crippen molar-refractivity contribution >= 4 is 11.8 Å². The minimum absolute atomic E-state index is 0.0915. The van der Waals surface area contributed by atoms with Gasteiger partial charge in [0, 0.05) is 12.6 Å². The molecule has 0 aromatic heterocycles. The van der Waals surface area contributed by atoms with Crippen LogP contribution >= 0.6 is 0 Å². The molecule has 0 unspecified atom stereocenters. The number of aryl methyl sites for hydroxylation is 2. The first-order valence-corrected chi connectivity index (χ1v) is 11.8. The lowest BCUT2D eigenvalue weighted by Crippen LogP contribution is -2.51. The van der Waals surface area contributed by atoms with Crippen LogP contribution in [0.3, 0.4) is 0 Å². The average molecular weight is 437 g/mol. The van der Waals surface area contributed by atoms with Crippen LogP contribution in [-0.2, 0) is 22.6 Å². The third-order valence-corrected chi connectivity index (χ3v) is 6.41. The van der Waals surface area contributed by atoms with E-state index in [1.807, 2.05) is 62.4 Å². The Balaban J connectivity index is 1.70. The topological polar surface area (TPSA) is 58.6 Å². The van der Waals surface area contributed by atoms with Crippen LogP contribution in [-0.4, -0.2) is 35.4 Å². The molecule has 0 spiro atoms. The molecule has 1 aliphatic carbocycles. The second-order valence-corrected chi connectivity index (χ2v) is 8.75. The van der Waals surface area contributed by atoms with E-state index in [1.165, 1.54) is 12.0 Å². The number of hydrogen-bond donors (Lipinski definition) is 1. The molecule has 5 heteroatoms. The fourth-order valence-electron chi connectivity index (χ4n) is 4.17. The van der Waals surface area contributed by atoms with E-state index in [0.29, 0.717) is 12.3 Å². The third-order valence-electron chi connectivity index (χ3n) is 6.41. The number of carbonyl (C=O) groups excluding carboxylic acids is 2. The Kier molecular flexibility index (Phi) is 8.72. The van der Waals surface area contributed by atoms with E-state index in [0.717, 1.165) is 43.2 Å². The molecule has 0 radical (unpaired) electrons. The summed E-state index contributed by atoms with van der Waals surface area (Å²) in [6.45, 7) is 6.21. The first kappa shape index (κ1) is 23.8. The summed E-state index contributed by atoms with van der Waals surface area (Å²) in [4.78, 5) is 27.9. The summed E-state index contributed by atoms with van der Waals surface area (Å²) in [5, 5.41) is 3.17. The maximum absolute atomic E-state index is 13.2. The highest BCUT2D eigenvalue weighted by Gasteiger charge is 2.28. The van der Waals surface area contributed by atoms with Gasteiger partial charge in [-0.1, -0.05) is 62.6 Å². The minimum Gasteiger partial charge on any atom is -0.484 e. The molecule has 5 nitrogen and oxygen atoms in total. The Morgan fingerprint density at radius 2 is 1.75 bits per heavy atom. The number of nitrogens with zero attached hydrogens (tertiary/aromatic N) is 1. The van der Waals surface area contributed by atoms with Crippen molar-refractivity contribution in [3.63, 3.8) is 0 Å². The maximum Gasteiger partial charge on any atom is 0.261 e. The Morgan fingerprint density at radius 1 is 1.06 bits per heavy atom. The number of carbonyl (C=O) groups is 2. The zero-order valence-corrected chi connectivity index (χ0v) is 19.6. The van der Waals surface area contributed by atoms with Gasteiger partial charge in [0.05, 0.1) is 0 Å². The van der Waals surface area contributed by atoms with E-state index < -0.39 is 6.04 Å². The van der Waals surface area contributed by atoms with E-state index in [4.69, 9.17) is 4.74 Å². The molecule has 1 fully saturated rings. The highest BCUT2D eigenvalue weighted by atomic mass is 16.5. The van der Waals surface area contributed by atoms with E-state index in [9.17, 15) is 9.59 Å². The zero-order chi connectivity index (χ0) is 22.9. The number of rotatable bonds is 9. The number of benzene rings is 2. The molecule has 1 atom stereocenters. The molecule has 1 N–H and O–H groups in total. The fourth-order valence-corrected chi connectivity index (χ4v) is 4.17. The molecule has 3 rings (SSSR count). The molecule has 2 aromatic rings. The van der Waals surface area contributed by atoms with E-state index in [1.54, 1.807) is 4.90 Å². The standard InChI is InChI=1S/C27H36N2O3/c1-4-22-14-16-25(17-15-22)32-19-26(30)29(18-23-11-9-8-10-20(23)2)21(3)27(31)28-24-12-6-5-7-13-24/h8-11,14-17,21,24H,4-7,12-13,18-19H2,1-3H3,(H,28,31)/t21-/m0/s1. The normalized spacial score (nSPS) is 15.1. The summed E-state index contributed by atoms with van der Waals surface area (Å²) in [6, 6.07) is 15.4. The molecular formula is C27H36N2O3. The van der Waals surface area contributed by atoms with Gasteiger partial charge >= 0.3 is 0 Å². The van der Waals surface area contributed by atoms with Crippen LogP contribution in [0.15, 0.2) is 48.5 Å². The first-order valence-electron chi connectivity index (χ1n) is 11.8. The van der Waals surface area contributed by atoms with Gasteiger partial charge in [0.1, 0.15) is 11.8 Å². The Morgan fingerprint density at radius 3 is 2.41 bits per heavy atom. The van der Waals surface area contributed by atoms with Crippen LogP contribution in [0.1, 0.15) is 62.6 Å². The van der Waals surface area contributed by atoms with Gasteiger partial charge < -0.3 is 15.0 Å². The van der Waals surface area contributed by atoms with Gasteiger partial charge in [0.25, 0.3) is 5.91 Å². The largest absolute Gasteiger partial charge is 0.484 e. The monoisotopic (exact) mass is 436 g/mol. The number of nitrogens with one attached hydrogen (secondary N) is 1. The smallest absolute Gasteiger partial charge is 0.261 e. The van der Waals surface area contributed by atoms with Crippen LogP contribution in [0.4, 0.5) is 0 Å². The van der Waals surface area contributed by atoms with Gasteiger partial charge in [-0.3, -0.25) is 9.59 Å². The molecule has 0 aliphatic heterocycles. The Hall–Kier alpha value is -2.82. The molecule has 32 heavy (non-hydrogen) atoms. The highest BCUT2D eigenvalue weighted by Crippen LogP contribution is 2.19. The molecule has 0 bridgehead atoms. The van der Waals surface area contributed by atoms with Crippen LogP contribution in [0.2, 0.25) is 0 Å². The molecule has 0 saturated heterocycles. The number of amides is 2. The van der Waals surface area contributed by atoms with Crippen molar-refractivity contribution in [1.29, 1.82) is 0 Å². The maximum atomic E-state index is 13.2. The van der Waals surface area contributed by atoms with Gasteiger partial charge in [-0.2, -0.15) is 0 Å². The Labute approximate surface area is 192 Å². The summed E-state index contributed by atoms with van der Waals surface area (Å²) in [5.74, 6) is 0.371. The van der Waals surface area contributed by atoms with Gasteiger partial charge in [-0.15, -0.1) is 0 Å². The van der Waals surface area contributed by atoms with E-state index >= 15 is 0 Å². The van der Waals surface area contributed by atoms with Crippen molar-refractivity contribution in [3.8, 4) is 5.75 Å². The van der Waals surface area contributed by atoms with Crippen molar-refractivity contribution in [3.05, 3.63) is 65.2 Å². The van der Waals surface area contributed by atoms with Crippen molar-refractivity contribution < 1.29 is 14.3 Å². The lowest BCUT2D eigenvalue weighted by molar-refractivity contribution is -0.142. The van der Waals surface area contributed by atoms with E-state index in [-0.39, 0.29) is 24.5 Å². The summed E-state index contributed by atoms with van der Waals surface area (Å²) in [7, 11) is 0. The zero-order valence-electron chi connectivity index (χ0n) is 19.6. The molecule has 2 amide bonds. The van der Waals surface area contributed by atoms with Crippen molar-refractivity contribution in [2.75, 3.05) is 6.61 Å². The van der Waals surface area contributed by atoms with Gasteiger partial charge in [0.2, 0.25) is 5.91 Å². The van der Waals surface area contributed by atoms with Crippen molar-refractivity contribution in [2.45, 2.75) is 77.9 Å². The second kappa shape index (κ2) is 11.7. The number of hydrogen-bond acceptors (Lipinski definition) is 3. The summed E-state index contributed by atoms with van der Waals surface area (Å²) >= 11 is 0. The average Bonchev–Trinajstić information content (AvgIpc) is 2.82. The predicted octanol–water partition coefficient (Wildman–Crippen LogP) is 4.80. The molecule has 172 valence electrons. The summed E-state index contributed by atoms with van der Waals surface area (Å²) in [6.07, 6.45) is 6.52. The van der Waals surface area contributed by atoms with E-state index in [2.05, 4.69) is 12.2 Å². The molecule has 0 heterocycles. The first-order chi connectivity index (χ1) is 15.5. The highest BCUT2D eigenvalue weighted by molar-refractivity contribution is 5.88. The van der Waals surface area contributed by atoms with Crippen LogP contribution < -0.4 is 10.1 Å². The lowest BCUT2D eigenvalue weighted by atomic mass is 9.95. The SMILES string of the molecule is CCc1ccc(OCC(=O)N(Cc2ccccc2C)[C@@H](C)C(=O)NC2CCCCC2)cc1. The number of ether oxygens (including phenoxy) is 1. The van der Waals surface area contributed by atoms with Crippen molar-refractivity contribution in [2.24, 2.45) is 0 Å². The molecule has 1 saturated carbocycles. The quantitative estimate of drug-likeness (QED) is 0.614.